The second-order valence-corrected chi connectivity index (χ2v) is 9.74. The number of anilines is 1. The molecule has 2 fully saturated rings. The highest BCUT2D eigenvalue weighted by atomic mass is 32.2. The van der Waals surface area contributed by atoms with Crippen LogP contribution in [0.25, 0.3) is 0 Å². The average molecular weight is 412 g/mol. The summed E-state index contributed by atoms with van der Waals surface area (Å²) in [6.45, 7) is 6.50. The summed E-state index contributed by atoms with van der Waals surface area (Å²) in [5.74, 6) is 0. The molecule has 1 aromatic rings. The number of nitro benzene ring substituents is 1. The van der Waals surface area contributed by atoms with E-state index in [4.69, 9.17) is 4.74 Å². The van der Waals surface area contributed by atoms with Crippen molar-refractivity contribution in [1.29, 1.82) is 0 Å². The molecule has 0 spiro atoms. The number of nitrogens with zero attached hydrogens (tertiary/aromatic N) is 3. The summed E-state index contributed by atoms with van der Waals surface area (Å²) in [6.07, 6.45) is 4.46. The van der Waals surface area contributed by atoms with Gasteiger partial charge in [0.05, 0.1) is 22.0 Å². The molecule has 0 aliphatic carbocycles. The molecule has 8 nitrogen and oxygen atoms in total. The van der Waals surface area contributed by atoms with E-state index in [0.29, 0.717) is 38.5 Å². The van der Waals surface area contributed by atoms with Crippen LogP contribution in [0.1, 0.15) is 46.0 Å². The second-order valence-electron chi connectivity index (χ2n) is 7.80. The third kappa shape index (κ3) is 4.31. The number of rotatable bonds is 5. The molecule has 0 amide bonds. The van der Waals surface area contributed by atoms with Crippen molar-refractivity contribution in [3.8, 4) is 0 Å². The van der Waals surface area contributed by atoms with E-state index in [0.717, 1.165) is 32.1 Å². The predicted molar refractivity (Wildman–Crippen MR) is 107 cm³/mol. The van der Waals surface area contributed by atoms with Gasteiger partial charge in [-0.2, -0.15) is 4.31 Å². The first-order chi connectivity index (χ1) is 13.3. The number of nitro groups is 1. The Labute approximate surface area is 166 Å². The summed E-state index contributed by atoms with van der Waals surface area (Å²) < 4.78 is 33.3. The van der Waals surface area contributed by atoms with Crippen molar-refractivity contribution >= 4 is 21.4 Å². The van der Waals surface area contributed by atoms with E-state index in [1.165, 1.54) is 16.4 Å². The summed E-state index contributed by atoms with van der Waals surface area (Å²) in [5, 5.41) is 11.7. The van der Waals surface area contributed by atoms with Gasteiger partial charge < -0.3 is 9.64 Å². The van der Waals surface area contributed by atoms with Gasteiger partial charge in [0.2, 0.25) is 10.0 Å². The third-order valence-electron chi connectivity index (χ3n) is 5.77. The maximum Gasteiger partial charge on any atom is 0.293 e. The molecule has 3 rings (SSSR count). The van der Waals surface area contributed by atoms with Crippen LogP contribution in [0.4, 0.5) is 11.4 Å². The predicted octanol–water partition coefficient (Wildman–Crippen LogP) is 3.16. The topological polar surface area (TPSA) is 93.0 Å². The van der Waals surface area contributed by atoms with Crippen LogP contribution in [0.3, 0.4) is 0 Å². The molecule has 2 saturated heterocycles. The lowest BCUT2D eigenvalue weighted by molar-refractivity contribution is -0.384. The Morgan fingerprint density at radius 3 is 2.46 bits per heavy atom. The highest BCUT2D eigenvalue weighted by molar-refractivity contribution is 7.89. The van der Waals surface area contributed by atoms with Crippen molar-refractivity contribution in [2.24, 2.45) is 0 Å². The van der Waals surface area contributed by atoms with Gasteiger partial charge in [-0.05, 0) is 38.3 Å². The largest absolute Gasteiger partial charge is 0.372 e. The van der Waals surface area contributed by atoms with Crippen molar-refractivity contribution in [1.82, 2.24) is 4.31 Å². The number of ether oxygens (including phenoxy) is 1. The molecule has 0 radical (unpaired) electrons. The molecule has 2 aliphatic heterocycles. The van der Waals surface area contributed by atoms with E-state index in [9.17, 15) is 18.5 Å². The Balaban J connectivity index is 1.94. The molecule has 0 aromatic heterocycles. The maximum absolute atomic E-state index is 13.0. The molecule has 9 heteroatoms. The summed E-state index contributed by atoms with van der Waals surface area (Å²) in [7, 11) is -3.73. The molecule has 1 aromatic carbocycles. The number of hydrogen-bond acceptors (Lipinski definition) is 6. The van der Waals surface area contributed by atoms with E-state index in [1.807, 2.05) is 18.7 Å². The smallest absolute Gasteiger partial charge is 0.293 e. The molecular weight excluding hydrogens is 382 g/mol. The number of morpholine rings is 1. The second kappa shape index (κ2) is 8.34. The van der Waals surface area contributed by atoms with E-state index >= 15 is 0 Å². The number of hydrogen-bond donors (Lipinski definition) is 0. The first-order valence-corrected chi connectivity index (χ1v) is 11.4. The normalized spacial score (nSPS) is 24.7. The standard InChI is InChI=1S/C19H29N3O5S/c1-3-19(2)15-20(12-13-27-19)17-9-8-16(14-18(17)22(23)24)28(25,26)21-10-6-4-5-7-11-21/h8-9,14H,3-7,10-13,15H2,1-2H3. The monoisotopic (exact) mass is 411 g/mol. The Hall–Kier alpha value is -1.71. The minimum atomic E-state index is -3.73. The van der Waals surface area contributed by atoms with Gasteiger partial charge in [0, 0.05) is 32.2 Å². The SMILES string of the molecule is CCC1(C)CN(c2ccc(S(=O)(=O)N3CCCCCC3)cc2[N+](=O)[O-])CCO1. The van der Waals surface area contributed by atoms with Crippen LogP contribution in [0.15, 0.2) is 23.1 Å². The average Bonchev–Trinajstić information content (AvgIpc) is 2.97. The van der Waals surface area contributed by atoms with Gasteiger partial charge in [0.25, 0.3) is 5.69 Å². The number of benzene rings is 1. The van der Waals surface area contributed by atoms with Crippen LogP contribution >= 0.6 is 0 Å². The van der Waals surface area contributed by atoms with Crippen LogP contribution in [0.2, 0.25) is 0 Å². The Kier molecular flexibility index (Phi) is 6.26. The van der Waals surface area contributed by atoms with Crippen molar-refractivity contribution in [3.63, 3.8) is 0 Å². The Morgan fingerprint density at radius 2 is 1.86 bits per heavy atom. The molecule has 2 aliphatic rings. The first-order valence-electron chi connectivity index (χ1n) is 9.94. The quantitative estimate of drug-likeness (QED) is 0.546. The third-order valence-corrected chi connectivity index (χ3v) is 7.67. The first kappa shape index (κ1) is 21.0. The van der Waals surface area contributed by atoms with Gasteiger partial charge in [-0.15, -0.1) is 0 Å². The van der Waals surface area contributed by atoms with Crippen molar-refractivity contribution < 1.29 is 18.1 Å². The zero-order chi connectivity index (χ0) is 20.4. The fraction of sp³-hybridized carbons (Fsp3) is 0.684. The molecule has 1 atom stereocenters. The lowest BCUT2D eigenvalue weighted by Gasteiger charge is -2.41. The maximum atomic E-state index is 13.0. The molecule has 1 unspecified atom stereocenters. The molecule has 156 valence electrons. The van der Waals surface area contributed by atoms with Crippen molar-refractivity contribution in [3.05, 3.63) is 28.3 Å². The van der Waals surface area contributed by atoms with Gasteiger partial charge in [0.1, 0.15) is 5.69 Å². The van der Waals surface area contributed by atoms with Gasteiger partial charge in [-0.1, -0.05) is 19.8 Å². The highest BCUT2D eigenvalue weighted by Crippen LogP contribution is 2.35. The molecule has 28 heavy (non-hydrogen) atoms. The molecule has 0 saturated carbocycles. The Bertz CT molecular complexity index is 821. The lowest BCUT2D eigenvalue weighted by atomic mass is 10.0. The highest BCUT2D eigenvalue weighted by Gasteiger charge is 2.34. The van der Waals surface area contributed by atoms with Gasteiger partial charge in [-0.3, -0.25) is 10.1 Å². The van der Waals surface area contributed by atoms with Crippen LogP contribution in [-0.2, 0) is 14.8 Å². The summed E-state index contributed by atoms with van der Waals surface area (Å²) in [4.78, 5) is 13.2. The van der Waals surface area contributed by atoms with Crippen LogP contribution in [0, 0.1) is 10.1 Å². The van der Waals surface area contributed by atoms with Crippen molar-refractivity contribution in [2.75, 3.05) is 37.7 Å². The zero-order valence-electron chi connectivity index (χ0n) is 16.6. The fourth-order valence-corrected chi connectivity index (χ4v) is 5.40. The molecular formula is C19H29N3O5S. The van der Waals surface area contributed by atoms with Crippen molar-refractivity contribution in [2.45, 2.75) is 56.4 Å². The zero-order valence-corrected chi connectivity index (χ0v) is 17.4. The summed E-state index contributed by atoms with van der Waals surface area (Å²) in [6, 6.07) is 4.29. The van der Waals surface area contributed by atoms with E-state index < -0.39 is 14.9 Å². The Morgan fingerprint density at radius 1 is 1.18 bits per heavy atom. The lowest BCUT2D eigenvalue weighted by Crippen LogP contribution is -2.50. The molecule has 0 N–H and O–H groups in total. The van der Waals surface area contributed by atoms with E-state index in [-0.39, 0.29) is 16.2 Å². The van der Waals surface area contributed by atoms with Crippen LogP contribution < -0.4 is 4.90 Å². The minimum Gasteiger partial charge on any atom is -0.372 e. The molecule has 0 bridgehead atoms. The summed E-state index contributed by atoms with van der Waals surface area (Å²) in [5.41, 5.74) is -0.0952. The number of sulfonamides is 1. The van der Waals surface area contributed by atoms with Gasteiger partial charge in [-0.25, -0.2) is 8.42 Å². The van der Waals surface area contributed by atoms with E-state index in [1.54, 1.807) is 6.07 Å². The van der Waals surface area contributed by atoms with E-state index in [2.05, 4.69) is 0 Å². The van der Waals surface area contributed by atoms with Crippen LogP contribution in [-0.4, -0.2) is 56.0 Å². The fourth-order valence-electron chi connectivity index (χ4n) is 3.86. The van der Waals surface area contributed by atoms with Gasteiger partial charge >= 0.3 is 0 Å². The van der Waals surface area contributed by atoms with Gasteiger partial charge in [0.15, 0.2) is 0 Å². The van der Waals surface area contributed by atoms with Crippen LogP contribution in [0.5, 0.6) is 0 Å². The summed E-state index contributed by atoms with van der Waals surface area (Å²) >= 11 is 0. The molecule has 2 heterocycles. The minimum absolute atomic E-state index is 0.00337.